The molecule has 1 radical (unpaired) electrons. The fourth-order valence-corrected chi connectivity index (χ4v) is 5.74. The first-order valence-electron chi connectivity index (χ1n) is 14.8. The van der Waals surface area contributed by atoms with E-state index in [1.807, 2.05) is 98.2 Å². The van der Waals surface area contributed by atoms with Crippen LogP contribution in [0.4, 0.5) is 0 Å². The van der Waals surface area contributed by atoms with Gasteiger partial charge in [0.1, 0.15) is 11.2 Å². The van der Waals surface area contributed by atoms with Gasteiger partial charge in [-0.05, 0) is 53.7 Å². The number of pyridine rings is 2. The van der Waals surface area contributed by atoms with Crippen molar-refractivity contribution in [2.75, 3.05) is 0 Å². The summed E-state index contributed by atoms with van der Waals surface area (Å²) in [5, 5.41) is 4.30. The summed E-state index contributed by atoms with van der Waals surface area (Å²) >= 11 is 0. The molecule has 0 N–H and O–H groups in total. The van der Waals surface area contributed by atoms with E-state index in [2.05, 4.69) is 70.6 Å². The van der Waals surface area contributed by atoms with Crippen LogP contribution in [-0.2, 0) is 20.1 Å². The van der Waals surface area contributed by atoms with Crippen LogP contribution in [-0.4, -0.2) is 9.97 Å². The number of aromatic nitrogens is 2. The summed E-state index contributed by atoms with van der Waals surface area (Å²) in [6.07, 6.45) is 3.71. The number of rotatable bonds is 3. The smallest absolute Gasteiger partial charge is 0.178 e. The normalized spacial score (nSPS) is 11.0. The largest absolute Gasteiger partial charge is 0.452 e. The maximum absolute atomic E-state index is 6.50. The Hall–Kier alpha value is -5.35. The molecule has 9 rings (SSSR count). The van der Waals surface area contributed by atoms with Crippen LogP contribution in [0.1, 0.15) is 5.56 Å². The van der Waals surface area contributed by atoms with E-state index in [1.165, 1.54) is 5.56 Å². The number of fused-ring (bicyclic) bond motifs is 7. The number of benzene rings is 5. The van der Waals surface area contributed by atoms with Crippen molar-refractivity contribution in [3.05, 3.63) is 157 Å². The van der Waals surface area contributed by atoms with Gasteiger partial charge in [0.15, 0.2) is 11.2 Å². The standard InChI is InChI=1S/C29H16NO2.C12H10N.Ir/c1-2-7-18(8-3-1)25-17-19(15-16-30-25)20-10-6-11-22-24-14-13-23-21-9-4-5-12-26(21)31-28(23)29(24)32-27(20)22;1-10-7-8-12(13-9-10)11-5-3-2-4-6-11;/h1-7,9-17H;2-5,7-9H,1H3;/q2*-1;. The summed E-state index contributed by atoms with van der Waals surface area (Å²) in [4.78, 5) is 8.86. The summed E-state index contributed by atoms with van der Waals surface area (Å²) in [5.74, 6) is 0. The minimum Gasteiger partial charge on any atom is -0.452 e. The van der Waals surface area contributed by atoms with E-state index in [-0.39, 0.29) is 20.1 Å². The van der Waals surface area contributed by atoms with Gasteiger partial charge in [0.2, 0.25) is 0 Å². The molecule has 0 amide bonds. The monoisotopic (exact) mass is 771 g/mol. The number of nitrogens with zero attached hydrogens (tertiary/aromatic N) is 2. The van der Waals surface area contributed by atoms with Gasteiger partial charge in [0.05, 0.1) is 0 Å². The Morgan fingerprint density at radius 2 is 1.22 bits per heavy atom. The van der Waals surface area contributed by atoms with Crippen LogP contribution in [0.2, 0.25) is 0 Å². The minimum atomic E-state index is 0. The van der Waals surface area contributed by atoms with E-state index in [0.29, 0.717) is 0 Å². The topological polar surface area (TPSA) is 52.1 Å². The van der Waals surface area contributed by atoms with Crippen LogP contribution < -0.4 is 0 Å². The average molecular weight is 771 g/mol. The molecular weight excluding hydrogens is 745 g/mol. The van der Waals surface area contributed by atoms with Gasteiger partial charge in [-0.3, -0.25) is 0 Å². The third kappa shape index (κ3) is 5.41. The maximum Gasteiger partial charge on any atom is 0.178 e. The molecule has 9 aromatic rings. The molecule has 0 aliphatic rings. The number of para-hydroxylation sites is 2. The van der Waals surface area contributed by atoms with Crippen molar-refractivity contribution in [3.63, 3.8) is 0 Å². The first-order chi connectivity index (χ1) is 22.2. The number of hydrogen-bond acceptors (Lipinski definition) is 4. The van der Waals surface area contributed by atoms with Gasteiger partial charge in [0, 0.05) is 59.6 Å². The number of aryl methyl sites for hydroxylation is 1. The van der Waals surface area contributed by atoms with Gasteiger partial charge in [0.25, 0.3) is 0 Å². The molecule has 0 atom stereocenters. The summed E-state index contributed by atoms with van der Waals surface area (Å²) in [5.41, 5.74) is 10.4. The van der Waals surface area contributed by atoms with Crippen molar-refractivity contribution in [2.45, 2.75) is 6.92 Å². The third-order valence-corrected chi connectivity index (χ3v) is 7.96. The SMILES string of the molecule is Cc1ccc(-c2[c-]cccc2)nc1.[Ir].[c-]1ccccc1-c1cc(-c2cccc3c2oc2c3ccc3c4ccccc4oc32)ccn1. The fraction of sp³-hybridized carbons (Fsp3) is 0.0244. The molecule has 223 valence electrons. The molecule has 0 aliphatic heterocycles. The molecule has 0 bridgehead atoms. The molecule has 0 fully saturated rings. The van der Waals surface area contributed by atoms with Crippen LogP contribution in [0.3, 0.4) is 0 Å². The average Bonchev–Trinajstić information content (AvgIpc) is 3.69. The van der Waals surface area contributed by atoms with Crippen LogP contribution in [0.25, 0.3) is 77.5 Å². The van der Waals surface area contributed by atoms with Crippen LogP contribution in [0, 0.1) is 19.1 Å². The molecule has 5 aromatic carbocycles. The van der Waals surface area contributed by atoms with E-state index in [0.717, 1.165) is 77.5 Å². The molecule has 4 heterocycles. The van der Waals surface area contributed by atoms with Crippen molar-refractivity contribution in [1.82, 2.24) is 9.97 Å². The predicted octanol–water partition coefficient (Wildman–Crippen LogP) is 10.9. The molecular formula is C41H26IrN2O2-2. The van der Waals surface area contributed by atoms with Crippen molar-refractivity contribution in [1.29, 1.82) is 0 Å². The first-order valence-corrected chi connectivity index (χ1v) is 14.8. The molecule has 0 saturated heterocycles. The second kappa shape index (κ2) is 12.6. The zero-order valence-corrected chi connectivity index (χ0v) is 27.2. The second-order valence-electron chi connectivity index (χ2n) is 10.9. The van der Waals surface area contributed by atoms with E-state index in [1.54, 1.807) is 0 Å². The Morgan fingerprint density at radius 1 is 0.543 bits per heavy atom. The Bertz CT molecular complexity index is 2430. The van der Waals surface area contributed by atoms with Crippen molar-refractivity contribution in [3.8, 4) is 33.6 Å². The summed E-state index contributed by atoms with van der Waals surface area (Å²) in [6.45, 7) is 2.03. The zero-order chi connectivity index (χ0) is 30.2. The van der Waals surface area contributed by atoms with Crippen molar-refractivity contribution >= 4 is 43.9 Å². The van der Waals surface area contributed by atoms with Gasteiger partial charge < -0.3 is 18.8 Å². The minimum absolute atomic E-state index is 0. The van der Waals surface area contributed by atoms with Crippen LogP contribution >= 0.6 is 0 Å². The Kier molecular flexibility index (Phi) is 8.02. The molecule has 5 heteroatoms. The van der Waals surface area contributed by atoms with E-state index < -0.39 is 0 Å². The predicted molar refractivity (Wildman–Crippen MR) is 182 cm³/mol. The number of furan rings is 2. The summed E-state index contributed by atoms with van der Waals surface area (Å²) in [6, 6.07) is 48.9. The van der Waals surface area contributed by atoms with Gasteiger partial charge in [-0.2, -0.15) is 0 Å². The molecule has 46 heavy (non-hydrogen) atoms. The summed E-state index contributed by atoms with van der Waals surface area (Å²) in [7, 11) is 0. The maximum atomic E-state index is 6.50. The Balaban J connectivity index is 0.000000204. The second-order valence-corrected chi connectivity index (χ2v) is 10.9. The molecule has 0 aliphatic carbocycles. The van der Waals surface area contributed by atoms with Crippen molar-refractivity contribution < 1.29 is 28.9 Å². The fourth-order valence-electron chi connectivity index (χ4n) is 5.74. The quantitative estimate of drug-likeness (QED) is 0.168. The first kappa shape index (κ1) is 29.4. The zero-order valence-electron chi connectivity index (χ0n) is 24.8. The Morgan fingerprint density at radius 3 is 1.96 bits per heavy atom. The van der Waals surface area contributed by atoms with E-state index >= 15 is 0 Å². The molecule has 4 aromatic heterocycles. The molecule has 0 spiro atoms. The van der Waals surface area contributed by atoms with Crippen LogP contribution in [0.15, 0.2) is 149 Å². The summed E-state index contributed by atoms with van der Waals surface area (Å²) < 4.78 is 12.7. The van der Waals surface area contributed by atoms with Gasteiger partial charge >= 0.3 is 0 Å². The van der Waals surface area contributed by atoms with Gasteiger partial charge in [-0.25, -0.2) is 0 Å². The van der Waals surface area contributed by atoms with Crippen molar-refractivity contribution in [2.24, 2.45) is 0 Å². The molecule has 0 saturated carbocycles. The van der Waals surface area contributed by atoms with E-state index in [9.17, 15) is 0 Å². The van der Waals surface area contributed by atoms with Crippen LogP contribution in [0.5, 0.6) is 0 Å². The van der Waals surface area contributed by atoms with E-state index in [4.69, 9.17) is 8.83 Å². The third-order valence-electron chi connectivity index (χ3n) is 7.96. The molecule has 4 nitrogen and oxygen atoms in total. The molecule has 0 unspecified atom stereocenters. The van der Waals surface area contributed by atoms with Gasteiger partial charge in [-0.15, -0.1) is 71.8 Å². The number of hydrogen-bond donors (Lipinski definition) is 0. The van der Waals surface area contributed by atoms with Gasteiger partial charge in [-0.1, -0.05) is 54.6 Å². The Labute approximate surface area is 279 Å².